The summed E-state index contributed by atoms with van der Waals surface area (Å²) in [5, 5.41) is 10.4. The van der Waals surface area contributed by atoms with Crippen molar-refractivity contribution < 1.29 is 26.2 Å². The summed E-state index contributed by atoms with van der Waals surface area (Å²) in [5.74, 6) is 1.87. The largest absolute Gasteiger partial charge is 0.507 e. The number of imidazole rings is 1. The topological polar surface area (TPSA) is 50.9 Å². The molecule has 0 radical (unpaired) electrons. The van der Waals surface area contributed by atoms with Crippen molar-refractivity contribution in [3.63, 3.8) is 0 Å². The van der Waals surface area contributed by atoms with Crippen molar-refractivity contribution in [3.8, 4) is 45.3 Å². The molecule has 41 heavy (non-hydrogen) atoms. The van der Waals surface area contributed by atoms with Crippen molar-refractivity contribution in [2.75, 3.05) is 0 Å². The van der Waals surface area contributed by atoms with E-state index in [-0.39, 0.29) is 26.8 Å². The molecular formula is C36H32N3OPt-. The van der Waals surface area contributed by atoms with Gasteiger partial charge in [-0.25, -0.2) is 0 Å². The Kier molecular flexibility index (Phi) is 8.24. The first kappa shape index (κ1) is 28.5. The number of nitrogens with zero attached hydrogens (tertiary/aromatic N) is 3. The standard InChI is InChI=1S/C36H32N3O.Pt/c1-23(2)27-20-28(24(3)4)22-29(21-27)39-34-17-7-6-14-33(34)38-36(39)26-12-9-11-25(19-26)31-15-10-16-32(37-31)30-13-5-8-18-35(30)40;/h5-18,20-24,40H,1-4H3;/q-1;. The number of phenols is 1. The van der Waals surface area contributed by atoms with E-state index in [0.29, 0.717) is 23.1 Å². The summed E-state index contributed by atoms with van der Waals surface area (Å²) in [5.41, 5.74) is 9.70. The van der Waals surface area contributed by atoms with Gasteiger partial charge in [-0.15, -0.1) is 24.3 Å². The van der Waals surface area contributed by atoms with E-state index >= 15 is 0 Å². The second kappa shape index (κ2) is 11.8. The van der Waals surface area contributed by atoms with Gasteiger partial charge in [-0.05, 0) is 65.4 Å². The van der Waals surface area contributed by atoms with Gasteiger partial charge in [0.15, 0.2) is 0 Å². The summed E-state index contributed by atoms with van der Waals surface area (Å²) < 4.78 is 2.26. The fourth-order valence-corrected chi connectivity index (χ4v) is 5.10. The van der Waals surface area contributed by atoms with Crippen LogP contribution in [0.4, 0.5) is 0 Å². The average molecular weight is 718 g/mol. The zero-order valence-electron chi connectivity index (χ0n) is 23.6. The van der Waals surface area contributed by atoms with Gasteiger partial charge in [0.25, 0.3) is 0 Å². The number of aromatic hydroxyl groups is 1. The van der Waals surface area contributed by atoms with Crippen molar-refractivity contribution in [3.05, 3.63) is 120 Å². The zero-order valence-corrected chi connectivity index (χ0v) is 25.8. The van der Waals surface area contributed by atoms with Crippen molar-refractivity contribution in [1.82, 2.24) is 14.5 Å². The van der Waals surface area contributed by atoms with Gasteiger partial charge in [-0.3, -0.25) is 9.97 Å². The van der Waals surface area contributed by atoms with Crippen LogP contribution in [0, 0.1) is 6.07 Å². The Balaban J connectivity index is 0.00000337. The van der Waals surface area contributed by atoms with E-state index in [4.69, 9.17) is 9.97 Å². The Labute approximate surface area is 256 Å². The summed E-state index contributed by atoms with van der Waals surface area (Å²) in [7, 11) is 0. The molecule has 6 rings (SSSR count). The minimum Gasteiger partial charge on any atom is -0.507 e. The molecule has 2 heterocycles. The van der Waals surface area contributed by atoms with Crippen molar-refractivity contribution >= 4 is 11.0 Å². The molecule has 0 saturated heterocycles. The minimum atomic E-state index is 0. The summed E-state index contributed by atoms with van der Waals surface area (Å²) >= 11 is 0. The molecule has 0 saturated carbocycles. The average Bonchev–Trinajstić information content (AvgIpc) is 3.37. The normalized spacial score (nSPS) is 11.3. The van der Waals surface area contributed by atoms with Gasteiger partial charge >= 0.3 is 0 Å². The van der Waals surface area contributed by atoms with Gasteiger partial charge < -0.3 is 9.67 Å². The Bertz CT molecular complexity index is 1810. The predicted octanol–water partition coefficient (Wildman–Crippen LogP) is 9.17. The number of benzene rings is 4. The smallest absolute Gasteiger partial charge is 0.124 e. The molecule has 1 N–H and O–H groups in total. The SMILES string of the molecule is CC(C)c1cc(C(C)C)cc(-n2c(-c3[c-]c(-c4cccc(-c5ccccc5O)n4)ccc3)nc3ccccc32)c1.[Pt]. The number of hydrogen-bond donors (Lipinski definition) is 1. The van der Waals surface area contributed by atoms with E-state index in [9.17, 15) is 5.11 Å². The Hall–Kier alpha value is -4.01. The van der Waals surface area contributed by atoms with Gasteiger partial charge in [-0.2, -0.15) is 0 Å². The third-order valence-electron chi connectivity index (χ3n) is 7.36. The van der Waals surface area contributed by atoms with Crippen LogP contribution >= 0.6 is 0 Å². The van der Waals surface area contributed by atoms with Crippen LogP contribution in [0.25, 0.3) is 50.6 Å². The molecule has 5 heteroatoms. The van der Waals surface area contributed by atoms with Gasteiger partial charge in [0.05, 0.1) is 22.6 Å². The number of fused-ring (bicyclic) bond motifs is 1. The van der Waals surface area contributed by atoms with E-state index in [1.54, 1.807) is 6.07 Å². The number of aromatic nitrogens is 3. The quantitative estimate of drug-likeness (QED) is 0.175. The Morgan fingerprint density at radius 3 is 2.02 bits per heavy atom. The first-order chi connectivity index (χ1) is 19.4. The van der Waals surface area contributed by atoms with Crippen LogP contribution in [0.1, 0.15) is 50.7 Å². The molecule has 0 amide bonds. The van der Waals surface area contributed by atoms with Crippen LogP contribution in [0.5, 0.6) is 5.75 Å². The predicted molar refractivity (Wildman–Crippen MR) is 164 cm³/mol. The molecule has 4 aromatic carbocycles. The van der Waals surface area contributed by atoms with Crippen LogP contribution in [0.15, 0.2) is 103 Å². The third kappa shape index (κ3) is 5.62. The molecule has 0 unspecified atom stereocenters. The van der Waals surface area contributed by atoms with Gasteiger partial charge in [0.1, 0.15) is 5.75 Å². The van der Waals surface area contributed by atoms with Crippen LogP contribution in [0.2, 0.25) is 0 Å². The van der Waals surface area contributed by atoms with E-state index in [0.717, 1.165) is 39.4 Å². The summed E-state index contributed by atoms with van der Waals surface area (Å²) in [4.78, 5) is 9.97. The second-order valence-electron chi connectivity index (χ2n) is 10.8. The van der Waals surface area contributed by atoms with Crippen LogP contribution in [-0.4, -0.2) is 19.6 Å². The van der Waals surface area contributed by atoms with Crippen LogP contribution in [0.3, 0.4) is 0 Å². The molecule has 6 aromatic rings. The number of rotatable bonds is 6. The van der Waals surface area contributed by atoms with Gasteiger partial charge in [-0.1, -0.05) is 81.3 Å². The first-order valence-electron chi connectivity index (χ1n) is 13.8. The zero-order chi connectivity index (χ0) is 27.8. The second-order valence-corrected chi connectivity index (χ2v) is 10.8. The Morgan fingerprint density at radius 1 is 0.659 bits per heavy atom. The van der Waals surface area contributed by atoms with E-state index in [2.05, 4.69) is 80.8 Å². The third-order valence-corrected chi connectivity index (χ3v) is 7.36. The number of pyridine rings is 1. The first-order valence-corrected chi connectivity index (χ1v) is 13.8. The van der Waals surface area contributed by atoms with Crippen LogP contribution < -0.4 is 0 Å². The number of hydrogen-bond acceptors (Lipinski definition) is 3. The van der Waals surface area contributed by atoms with Crippen molar-refractivity contribution in [1.29, 1.82) is 0 Å². The molecule has 0 spiro atoms. The number of phenolic OH excluding ortho intramolecular Hbond substituents is 1. The van der Waals surface area contributed by atoms with Crippen molar-refractivity contribution in [2.45, 2.75) is 39.5 Å². The maximum absolute atomic E-state index is 10.4. The molecule has 0 aliphatic carbocycles. The van der Waals surface area contributed by atoms with Gasteiger partial charge in [0.2, 0.25) is 0 Å². The summed E-state index contributed by atoms with van der Waals surface area (Å²) in [6.45, 7) is 8.96. The summed E-state index contributed by atoms with van der Waals surface area (Å²) in [6, 6.07) is 38.0. The minimum absolute atomic E-state index is 0. The molecule has 0 bridgehead atoms. The van der Waals surface area contributed by atoms with E-state index in [1.165, 1.54) is 11.1 Å². The molecule has 0 aliphatic rings. The van der Waals surface area contributed by atoms with E-state index < -0.39 is 0 Å². The molecule has 2 aromatic heterocycles. The maximum atomic E-state index is 10.4. The monoisotopic (exact) mass is 717 g/mol. The fourth-order valence-electron chi connectivity index (χ4n) is 5.10. The summed E-state index contributed by atoms with van der Waals surface area (Å²) in [6.07, 6.45) is 0. The molecular weight excluding hydrogens is 685 g/mol. The molecule has 0 fully saturated rings. The van der Waals surface area contributed by atoms with Crippen LogP contribution in [-0.2, 0) is 21.1 Å². The molecule has 0 aliphatic heterocycles. The molecule has 208 valence electrons. The molecule has 0 atom stereocenters. The number of para-hydroxylation sites is 3. The van der Waals surface area contributed by atoms with Gasteiger partial charge in [0, 0.05) is 38.0 Å². The van der Waals surface area contributed by atoms with E-state index in [1.807, 2.05) is 54.6 Å². The fraction of sp³-hybridized carbons (Fsp3) is 0.167. The Morgan fingerprint density at radius 2 is 1.29 bits per heavy atom. The van der Waals surface area contributed by atoms with Crippen molar-refractivity contribution in [2.24, 2.45) is 0 Å². The maximum Gasteiger partial charge on any atom is 0.124 e. The molecule has 4 nitrogen and oxygen atoms in total.